The number of methoxy groups -OCH3 is 1. The third-order valence-electron chi connectivity index (χ3n) is 2.84. The van der Waals surface area contributed by atoms with Gasteiger partial charge in [0, 0.05) is 6.54 Å². The molecule has 104 valence electrons. The standard InChI is InChI=1S/C14H14ClN3O2/c1-9-3-4-10(14(19)20-2)5-11(9)6-17-13-8-16-7-12(15)18-13/h3-5,7-8H,6H2,1-2H3,(H,17,18). The summed E-state index contributed by atoms with van der Waals surface area (Å²) >= 11 is 5.77. The molecule has 2 aromatic rings. The number of aromatic nitrogens is 2. The molecule has 0 saturated carbocycles. The van der Waals surface area contributed by atoms with E-state index < -0.39 is 0 Å². The molecule has 1 heterocycles. The van der Waals surface area contributed by atoms with Gasteiger partial charge in [0.1, 0.15) is 11.0 Å². The van der Waals surface area contributed by atoms with Crippen LogP contribution in [0.2, 0.25) is 5.15 Å². The molecular weight excluding hydrogens is 278 g/mol. The molecule has 0 fully saturated rings. The zero-order chi connectivity index (χ0) is 14.5. The van der Waals surface area contributed by atoms with Gasteiger partial charge in [0.2, 0.25) is 0 Å². The Morgan fingerprint density at radius 1 is 1.40 bits per heavy atom. The van der Waals surface area contributed by atoms with Gasteiger partial charge in [0.15, 0.2) is 0 Å². The van der Waals surface area contributed by atoms with E-state index in [9.17, 15) is 4.79 Å². The minimum absolute atomic E-state index is 0.329. The lowest BCUT2D eigenvalue weighted by atomic mass is 10.0. The smallest absolute Gasteiger partial charge is 0.337 e. The fourth-order valence-corrected chi connectivity index (χ4v) is 1.87. The molecule has 0 atom stereocenters. The minimum Gasteiger partial charge on any atom is -0.465 e. The van der Waals surface area contributed by atoms with Gasteiger partial charge in [-0.3, -0.25) is 4.98 Å². The second-order valence-corrected chi connectivity index (χ2v) is 4.60. The molecule has 6 heteroatoms. The first-order valence-corrected chi connectivity index (χ1v) is 6.37. The third-order valence-corrected chi connectivity index (χ3v) is 3.02. The number of hydrogen-bond acceptors (Lipinski definition) is 5. The molecule has 0 radical (unpaired) electrons. The van der Waals surface area contributed by atoms with E-state index >= 15 is 0 Å². The Labute approximate surface area is 122 Å². The van der Waals surface area contributed by atoms with Crippen LogP contribution >= 0.6 is 11.6 Å². The lowest BCUT2D eigenvalue weighted by Crippen LogP contribution is -2.07. The quantitative estimate of drug-likeness (QED) is 0.878. The Morgan fingerprint density at radius 3 is 2.90 bits per heavy atom. The van der Waals surface area contributed by atoms with Gasteiger partial charge in [0.05, 0.1) is 25.1 Å². The van der Waals surface area contributed by atoms with Gasteiger partial charge in [0.25, 0.3) is 0 Å². The molecule has 0 aliphatic heterocycles. The summed E-state index contributed by atoms with van der Waals surface area (Å²) in [7, 11) is 1.36. The highest BCUT2D eigenvalue weighted by Crippen LogP contribution is 2.14. The van der Waals surface area contributed by atoms with Crippen molar-refractivity contribution in [1.82, 2.24) is 9.97 Å². The van der Waals surface area contributed by atoms with Crippen LogP contribution in [-0.4, -0.2) is 23.0 Å². The number of halogens is 1. The molecule has 0 amide bonds. The van der Waals surface area contributed by atoms with Gasteiger partial charge in [-0.15, -0.1) is 0 Å². The van der Waals surface area contributed by atoms with E-state index in [4.69, 9.17) is 16.3 Å². The Kier molecular flexibility index (Phi) is 4.53. The summed E-state index contributed by atoms with van der Waals surface area (Å²) in [5.41, 5.74) is 2.57. The van der Waals surface area contributed by atoms with E-state index in [1.165, 1.54) is 13.3 Å². The Balaban J connectivity index is 2.14. The molecule has 0 aliphatic carbocycles. The SMILES string of the molecule is COC(=O)c1ccc(C)c(CNc2cncc(Cl)n2)c1. The molecule has 0 saturated heterocycles. The van der Waals surface area contributed by atoms with Crippen molar-refractivity contribution in [3.63, 3.8) is 0 Å². The maximum Gasteiger partial charge on any atom is 0.337 e. The number of nitrogens with zero attached hydrogens (tertiary/aromatic N) is 2. The number of nitrogens with one attached hydrogen (secondary N) is 1. The molecule has 0 spiro atoms. The highest BCUT2D eigenvalue weighted by Gasteiger charge is 2.08. The maximum absolute atomic E-state index is 11.5. The lowest BCUT2D eigenvalue weighted by Gasteiger charge is -2.10. The summed E-state index contributed by atoms with van der Waals surface area (Å²) in [5.74, 6) is 0.231. The second-order valence-electron chi connectivity index (χ2n) is 4.21. The first-order chi connectivity index (χ1) is 9.60. The van der Waals surface area contributed by atoms with Gasteiger partial charge in [-0.1, -0.05) is 17.7 Å². The van der Waals surface area contributed by atoms with Crippen LogP contribution in [0.1, 0.15) is 21.5 Å². The summed E-state index contributed by atoms with van der Waals surface area (Å²) < 4.78 is 4.71. The molecule has 0 bridgehead atoms. The molecule has 2 rings (SSSR count). The summed E-state index contributed by atoms with van der Waals surface area (Å²) in [4.78, 5) is 19.6. The van der Waals surface area contributed by atoms with Crippen molar-refractivity contribution in [3.05, 3.63) is 52.4 Å². The molecule has 20 heavy (non-hydrogen) atoms. The van der Waals surface area contributed by atoms with Gasteiger partial charge in [-0.2, -0.15) is 0 Å². The van der Waals surface area contributed by atoms with Crippen LogP contribution in [-0.2, 0) is 11.3 Å². The second kappa shape index (κ2) is 6.34. The van der Waals surface area contributed by atoms with Gasteiger partial charge < -0.3 is 10.1 Å². The van der Waals surface area contributed by atoms with Crippen molar-refractivity contribution < 1.29 is 9.53 Å². The largest absolute Gasteiger partial charge is 0.465 e. The van der Waals surface area contributed by atoms with Crippen LogP contribution in [0, 0.1) is 6.92 Å². The van der Waals surface area contributed by atoms with E-state index in [1.807, 2.05) is 13.0 Å². The number of carbonyl (C=O) groups excluding carboxylic acids is 1. The van der Waals surface area contributed by atoms with Crippen LogP contribution < -0.4 is 5.32 Å². The van der Waals surface area contributed by atoms with Crippen molar-refractivity contribution in [2.45, 2.75) is 13.5 Å². The lowest BCUT2D eigenvalue weighted by molar-refractivity contribution is 0.0600. The average Bonchev–Trinajstić information content (AvgIpc) is 2.45. The minimum atomic E-state index is -0.353. The van der Waals surface area contributed by atoms with E-state index in [0.717, 1.165) is 11.1 Å². The summed E-state index contributed by atoms with van der Waals surface area (Å²) in [6, 6.07) is 5.42. The number of rotatable bonds is 4. The van der Waals surface area contributed by atoms with Crippen LogP contribution in [0.25, 0.3) is 0 Å². The number of anilines is 1. The summed E-state index contributed by atoms with van der Waals surface area (Å²) in [6.07, 6.45) is 3.06. The Morgan fingerprint density at radius 2 is 2.20 bits per heavy atom. The van der Waals surface area contributed by atoms with E-state index in [2.05, 4.69) is 15.3 Å². The normalized spacial score (nSPS) is 10.2. The maximum atomic E-state index is 11.5. The predicted octanol–water partition coefficient (Wildman–Crippen LogP) is 2.84. The van der Waals surface area contributed by atoms with E-state index in [0.29, 0.717) is 23.1 Å². The van der Waals surface area contributed by atoms with Crippen molar-refractivity contribution in [2.24, 2.45) is 0 Å². The van der Waals surface area contributed by atoms with Crippen LogP contribution in [0.3, 0.4) is 0 Å². The summed E-state index contributed by atoms with van der Waals surface area (Å²) in [5, 5.41) is 3.45. The fraction of sp³-hybridized carbons (Fsp3) is 0.214. The first kappa shape index (κ1) is 14.3. The predicted molar refractivity (Wildman–Crippen MR) is 76.9 cm³/mol. The van der Waals surface area contributed by atoms with Crippen molar-refractivity contribution >= 4 is 23.4 Å². The number of carbonyl (C=O) groups is 1. The van der Waals surface area contributed by atoms with Crippen molar-refractivity contribution in [1.29, 1.82) is 0 Å². The highest BCUT2D eigenvalue weighted by atomic mass is 35.5. The molecule has 0 unspecified atom stereocenters. The number of esters is 1. The van der Waals surface area contributed by atoms with E-state index in [1.54, 1.807) is 18.3 Å². The van der Waals surface area contributed by atoms with Crippen molar-refractivity contribution in [2.75, 3.05) is 12.4 Å². The van der Waals surface area contributed by atoms with Crippen LogP contribution in [0.4, 0.5) is 5.82 Å². The molecule has 1 aromatic heterocycles. The van der Waals surface area contributed by atoms with E-state index in [-0.39, 0.29) is 5.97 Å². The van der Waals surface area contributed by atoms with Crippen molar-refractivity contribution in [3.8, 4) is 0 Å². The average molecular weight is 292 g/mol. The monoisotopic (exact) mass is 291 g/mol. The molecule has 5 nitrogen and oxygen atoms in total. The Hall–Kier alpha value is -2.14. The van der Waals surface area contributed by atoms with Crippen LogP contribution in [0.5, 0.6) is 0 Å². The molecule has 1 N–H and O–H groups in total. The zero-order valence-electron chi connectivity index (χ0n) is 11.2. The first-order valence-electron chi connectivity index (χ1n) is 5.99. The number of benzene rings is 1. The van der Waals surface area contributed by atoms with Gasteiger partial charge >= 0.3 is 5.97 Å². The topological polar surface area (TPSA) is 64.1 Å². The van der Waals surface area contributed by atoms with Gasteiger partial charge in [-0.05, 0) is 30.2 Å². The molecular formula is C14H14ClN3O2. The van der Waals surface area contributed by atoms with Crippen LogP contribution in [0.15, 0.2) is 30.6 Å². The summed E-state index contributed by atoms with van der Waals surface area (Å²) in [6.45, 7) is 2.49. The fourth-order valence-electron chi connectivity index (χ4n) is 1.72. The van der Waals surface area contributed by atoms with Gasteiger partial charge in [-0.25, -0.2) is 9.78 Å². The molecule has 1 aromatic carbocycles. The number of hydrogen-bond donors (Lipinski definition) is 1. The highest BCUT2D eigenvalue weighted by molar-refractivity contribution is 6.29. The number of aryl methyl sites for hydroxylation is 1. The third kappa shape index (κ3) is 3.45. The zero-order valence-corrected chi connectivity index (χ0v) is 11.9. The Bertz CT molecular complexity index is 632. The molecule has 0 aliphatic rings. The number of ether oxygens (including phenoxy) is 1.